The van der Waals surface area contributed by atoms with Gasteiger partial charge in [-0.25, -0.2) is 9.18 Å². The maximum Gasteiger partial charge on any atom is 0.355 e. The highest BCUT2D eigenvalue weighted by molar-refractivity contribution is 9.10. The summed E-state index contributed by atoms with van der Waals surface area (Å²) in [6.07, 6.45) is 0. The Bertz CT molecular complexity index is 694. The van der Waals surface area contributed by atoms with Crippen molar-refractivity contribution in [3.8, 4) is 0 Å². The van der Waals surface area contributed by atoms with Gasteiger partial charge in [0.15, 0.2) is 0 Å². The van der Waals surface area contributed by atoms with Crippen LogP contribution < -0.4 is 0 Å². The van der Waals surface area contributed by atoms with Crippen LogP contribution in [0.5, 0.6) is 0 Å². The highest BCUT2D eigenvalue weighted by atomic mass is 79.9. The normalized spacial score (nSPS) is 10.4. The smallest absolute Gasteiger partial charge is 0.355 e. The lowest BCUT2D eigenvalue weighted by molar-refractivity contribution is 0.0588. The summed E-state index contributed by atoms with van der Waals surface area (Å²) in [7, 11) is 2.80. The number of benzene rings is 1. The first-order valence-corrected chi connectivity index (χ1v) is 6.49. The molecule has 104 valence electrons. The minimum Gasteiger partial charge on any atom is -0.464 e. The molecule has 0 amide bonds. The summed E-state index contributed by atoms with van der Waals surface area (Å²) in [4.78, 5) is 24.0. The molecule has 0 N–H and O–H groups in total. The van der Waals surface area contributed by atoms with Crippen molar-refractivity contribution >= 4 is 27.7 Å². The number of ether oxygens (including phenoxy) is 1. The van der Waals surface area contributed by atoms with Gasteiger partial charge in [-0.2, -0.15) is 0 Å². The molecule has 2 aromatic rings. The highest BCUT2D eigenvalue weighted by Crippen LogP contribution is 2.24. The summed E-state index contributed by atoms with van der Waals surface area (Å²) >= 11 is 3.20. The molecule has 0 aliphatic heterocycles. The second-order valence-electron chi connectivity index (χ2n) is 4.09. The van der Waals surface area contributed by atoms with Crippen LogP contribution in [0.2, 0.25) is 0 Å². The fourth-order valence-electron chi connectivity index (χ4n) is 1.90. The van der Waals surface area contributed by atoms with Crippen molar-refractivity contribution < 1.29 is 18.7 Å². The number of carbonyl (C=O) groups is 2. The lowest BCUT2D eigenvalue weighted by Gasteiger charge is -2.06. The number of esters is 1. The van der Waals surface area contributed by atoms with Crippen molar-refractivity contribution in [1.29, 1.82) is 0 Å². The van der Waals surface area contributed by atoms with Gasteiger partial charge in [0.1, 0.15) is 11.5 Å². The lowest BCUT2D eigenvalue weighted by Crippen LogP contribution is -2.14. The van der Waals surface area contributed by atoms with Crippen LogP contribution in [0, 0.1) is 5.82 Å². The van der Waals surface area contributed by atoms with Gasteiger partial charge >= 0.3 is 5.97 Å². The van der Waals surface area contributed by atoms with E-state index in [0.717, 1.165) is 0 Å². The number of aromatic nitrogens is 1. The molecule has 0 aliphatic rings. The van der Waals surface area contributed by atoms with Gasteiger partial charge < -0.3 is 9.30 Å². The zero-order valence-corrected chi connectivity index (χ0v) is 12.4. The van der Waals surface area contributed by atoms with Gasteiger partial charge in [-0.1, -0.05) is 12.1 Å². The minimum atomic E-state index is -0.602. The molecule has 0 bridgehead atoms. The van der Waals surface area contributed by atoms with E-state index in [1.165, 1.54) is 35.9 Å². The molecule has 4 nitrogen and oxygen atoms in total. The largest absolute Gasteiger partial charge is 0.464 e. The summed E-state index contributed by atoms with van der Waals surface area (Å²) < 4.78 is 20.1. The number of methoxy groups -OCH3 is 1. The van der Waals surface area contributed by atoms with Crippen molar-refractivity contribution in [2.75, 3.05) is 7.11 Å². The van der Waals surface area contributed by atoms with Crippen LogP contribution >= 0.6 is 15.9 Å². The van der Waals surface area contributed by atoms with E-state index >= 15 is 0 Å². The number of halogens is 2. The van der Waals surface area contributed by atoms with Crippen molar-refractivity contribution in [2.45, 2.75) is 0 Å². The van der Waals surface area contributed by atoms with Crippen LogP contribution in [0.4, 0.5) is 4.39 Å². The minimum absolute atomic E-state index is 0.0444. The van der Waals surface area contributed by atoms with Gasteiger partial charge in [0, 0.05) is 7.05 Å². The Morgan fingerprint density at radius 2 is 1.95 bits per heavy atom. The predicted molar refractivity (Wildman–Crippen MR) is 74.3 cm³/mol. The van der Waals surface area contributed by atoms with Crippen LogP contribution in [0.1, 0.15) is 26.5 Å². The summed E-state index contributed by atoms with van der Waals surface area (Å²) in [6.45, 7) is 0. The molecular formula is C14H11BrFNO3. The van der Waals surface area contributed by atoms with Gasteiger partial charge in [-0.05, 0) is 34.1 Å². The average Bonchev–Trinajstić information content (AvgIpc) is 2.73. The first-order chi connectivity index (χ1) is 9.47. The van der Waals surface area contributed by atoms with Crippen molar-refractivity contribution in [1.82, 2.24) is 4.57 Å². The molecule has 6 heteroatoms. The van der Waals surface area contributed by atoms with Crippen LogP contribution in [-0.2, 0) is 11.8 Å². The summed E-state index contributed by atoms with van der Waals surface area (Å²) in [6, 6.07) is 7.17. The maximum absolute atomic E-state index is 13.7. The fraction of sp³-hybridized carbons (Fsp3) is 0.143. The number of nitrogens with zero attached hydrogens (tertiary/aromatic N) is 1. The van der Waals surface area contributed by atoms with Crippen LogP contribution in [0.15, 0.2) is 34.8 Å². The Balaban J connectivity index is 2.52. The van der Waals surface area contributed by atoms with Crippen LogP contribution in [0.3, 0.4) is 0 Å². The van der Waals surface area contributed by atoms with E-state index in [2.05, 4.69) is 20.7 Å². The summed E-state index contributed by atoms with van der Waals surface area (Å²) in [5, 5.41) is 0. The van der Waals surface area contributed by atoms with Gasteiger partial charge in [0.05, 0.1) is 22.8 Å². The molecule has 2 rings (SSSR count). The molecule has 0 fully saturated rings. The predicted octanol–water partition coefficient (Wildman–Crippen LogP) is 2.94. The maximum atomic E-state index is 13.7. The molecule has 0 spiro atoms. The summed E-state index contributed by atoms with van der Waals surface area (Å²) in [5.41, 5.74) is 0.353. The Morgan fingerprint density at radius 3 is 2.55 bits per heavy atom. The quantitative estimate of drug-likeness (QED) is 0.638. The molecule has 0 saturated heterocycles. The second kappa shape index (κ2) is 5.58. The Kier molecular flexibility index (Phi) is 4.04. The third-order valence-corrected chi connectivity index (χ3v) is 3.52. The Labute approximate surface area is 123 Å². The van der Waals surface area contributed by atoms with Crippen LogP contribution in [0.25, 0.3) is 0 Å². The lowest BCUT2D eigenvalue weighted by atomic mass is 10.1. The summed E-state index contributed by atoms with van der Waals surface area (Å²) in [5.74, 6) is -1.68. The number of rotatable bonds is 3. The molecular weight excluding hydrogens is 329 g/mol. The molecule has 0 radical (unpaired) electrons. The second-order valence-corrected chi connectivity index (χ2v) is 4.94. The van der Waals surface area contributed by atoms with E-state index in [1.54, 1.807) is 13.1 Å². The molecule has 0 unspecified atom stereocenters. The van der Waals surface area contributed by atoms with Crippen molar-refractivity contribution in [3.63, 3.8) is 0 Å². The monoisotopic (exact) mass is 339 g/mol. The van der Waals surface area contributed by atoms with Gasteiger partial charge in [-0.15, -0.1) is 0 Å². The molecule has 1 heterocycles. The average molecular weight is 340 g/mol. The SMILES string of the molecule is COC(=O)c1c(Br)cc(C(=O)c2ccccc2F)n1C. The number of hydrogen-bond acceptors (Lipinski definition) is 3. The van der Waals surface area contributed by atoms with E-state index in [0.29, 0.717) is 4.47 Å². The van der Waals surface area contributed by atoms with E-state index < -0.39 is 17.6 Å². The zero-order chi connectivity index (χ0) is 14.9. The molecule has 1 aromatic carbocycles. The fourth-order valence-corrected chi connectivity index (χ4v) is 2.54. The Morgan fingerprint density at radius 1 is 1.30 bits per heavy atom. The van der Waals surface area contributed by atoms with Crippen molar-refractivity contribution in [2.24, 2.45) is 7.05 Å². The van der Waals surface area contributed by atoms with E-state index in [1.807, 2.05) is 0 Å². The van der Waals surface area contributed by atoms with Gasteiger partial charge in [0.25, 0.3) is 0 Å². The number of ketones is 1. The zero-order valence-electron chi connectivity index (χ0n) is 10.8. The topological polar surface area (TPSA) is 48.3 Å². The number of hydrogen-bond donors (Lipinski definition) is 0. The van der Waals surface area contributed by atoms with Gasteiger partial charge in [0.2, 0.25) is 5.78 Å². The molecule has 1 aromatic heterocycles. The third kappa shape index (κ3) is 2.38. The molecule has 20 heavy (non-hydrogen) atoms. The number of carbonyl (C=O) groups excluding carboxylic acids is 2. The standard InChI is InChI=1S/C14H11BrFNO3/c1-17-11(7-9(15)12(17)14(19)20-2)13(18)8-5-3-4-6-10(8)16/h3-7H,1-2H3. The molecule has 0 aliphatic carbocycles. The highest BCUT2D eigenvalue weighted by Gasteiger charge is 2.24. The van der Waals surface area contributed by atoms with E-state index in [-0.39, 0.29) is 17.0 Å². The third-order valence-electron chi connectivity index (χ3n) is 2.92. The first kappa shape index (κ1) is 14.5. The van der Waals surface area contributed by atoms with Crippen molar-refractivity contribution in [3.05, 3.63) is 57.6 Å². The van der Waals surface area contributed by atoms with E-state index in [4.69, 9.17) is 0 Å². The Hall–Kier alpha value is -1.95. The van der Waals surface area contributed by atoms with Crippen LogP contribution in [-0.4, -0.2) is 23.4 Å². The molecule has 0 saturated carbocycles. The first-order valence-electron chi connectivity index (χ1n) is 5.70. The van der Waals surface area contributed by atoms with E-state index in [9.17, 15) is 14.0 Å². The molecule has 0 atom stereocenters. The van der Waals surface area contributed by atoms with Gasteiger partial charge in [-0.3, -0.25) is 4.79 Å².